The fraction of sp³-hybridized carbons (Fsp3) is 0.625. The maximum Gasteiger partial charge on any atom is 0.128 e. The van der Waals surface area contributed by atoms with Gasteiger partial charge < -0.3 is 19.9 Å². The number of hydrogen-bond donors (Lipinski definition) is 3. The van der Waals surface area contributed by atoms with Crippen LogP contribution in [0.25, 0.3) is 0 Å². The molecule has 2 aliphatic heterocycles. The summed E-state index contributed by atoms with van der Waals surface area (Å²) in [5.41, 5.74) is 0.985. The van der Waals surface area contributed by atoms with Crippen molar-refractivity contribution in [2.75, 3.05) is 18.0 Å². The molecule has 3 heterocycles. The lowest BCUT2D eigenvalue weighted by Gasteiger charge is -2.33. The Bertz CT molecular complexity index is 500. The van der Waals surface area contributed by atoms with Gasteiger partial charge in [-0.15, -0.1) is 0 Å². The van der Waals surface area contributed by atoms with Gasteiger partial charge >= 0.3 is 0 Å². The van der Waals surface area contributed by atoms with E-state index in [4.69, 9.17) is 0 Å². The second-order valence-electron chi connectivity index (χ2n) is 6.22. The fourth-order valence-corrected chi connectivity index (χ4v) is 3.31. The Kier molecular flexibility index (Phi) is 4.71. The molecule has 2 aliphatic rings. The minimum absolute atomic E-state index is 0.0363. The van der Waals surface area contributed by atoms with E-state index >= 15 is 0 Å². The van der Waals surface area contributed by atoms with E-state index in [-0.39, 0.29) is 11.8 Å². The number of hydrogen-bond acceptors (Lipinski definition) is 6. The summed E-state index contributed by atoms with van der Waals surface area (Å²) < 4.78 is 0. The standard InChI is InChI=1S/C16H23N3O3/c20-10-11-5-7-19(8-6-11)14-3-1-12(9-17-14)13-2-4-15(21)18-16(13)22/h1,3,9-11,13,15-16,18,21-22H,2,4-8H2. The second-order valence-corrected chi connectivity index (χ2v) is 6.22. The Hall–Kier alpha value is -1.50. The van der Waals surface area contributed by atoms with Crippen molar-refractivity contribution in [2.24, 2.45) is 5.92 Å². The quantitative estimate of drug-likeness (QED) is 0.709. The lowest BCUT2D eigenvalue weighted by atomic mass is 9.90. The molecule has 0 radical (unpaired) electrons. The highest BCUT2D eigenvalue weighted by molar-refractivity contribution is 5.54. The first-order chi connectivity index (χ1) is 10.7. The van der Waals surface area contributed by atoms with Crippen molar-refractivity contribution in [3.63, 3.8) is 0 Å². The van der Waals surface area contributed by atoms with Crippen LogP contribution >= 0.6 is 0 Å². The van der Waals surface area contributed by atoms with E-state index in [0.29, 0.717) is 6.42 Å². The van der Waals surface area contributed by atoms with Crippen LogP contribution in [0.1, 0.15) is 37.2 Å². The Morgan fingerprint density at radius 1 is 1.18 bits per heavy atom. The van der Waals surface area contributed by atoms with Crippen molar-refractivity contribution in [1.29, 1.82) is 0 Å². The first-order valence-electron chi connectivity index (χ1n) is 7.96. The minimum Gasteiger partial charge on any atom is -0.379 e. The van der Waals surface area contributed by atoms with Gasteiger partial charge in [0.25, 0.3) is 0 Å². The molecular weight excluding hydrogens is 282 g/mol. The summed E-state index contributed by atoms with van der Waals surface area (Å²) in [6.07, 6.45) is 4.64. The zero-order valence-electron chi connectivity index (χ0n) is 12.6. The monoisotopic (exact) mass is 305 g/mol. The summed E-state index contributed by atoms with van der Waals surface area (Å²) in [5.74, 6) is 1.07. The summed E-state index contributed by atoms with van der Waals surface area (Å²) in [4.78, 5) is 17.5. The van der Waals surface area contributed by atoms with E-state index in [0.717, 1.165) is 50.0 Å². The molecule has 6 nitrogen and oxygen atoms in total. The molecule has 3 rings (SSSR count). The minimum atomic E-state index is -0.736. The van der Waals surface area contributed by atoms with Crippen molar-refractivity contribution < 1.29 is 15.0 Å². The fourth-order valence-electron chi connectivity index (χ4n) is 3.31. The third kappa shape index (κ3) is 3.29. The molecule has 3 atom stereocenters. The number of aldehydes is 1. The Morgan fingerprint density at radius 2 is 1.95 bits per heavy atom. The molecule has 1 aromatic rings. The Labute approximate surface area is 130 Å². The Morgan fingerprint density at radius 3 is 2.55 bits per heavy atom. The molecule has 2 fully saturated rings. The maximum atomic E-state index is 10.8. The van der Waals surface area contributed by atoms with Crippen molar-refractivity contribution in [3.05, 3.63) is 23.9 Å². The van der Waals surface area contributed by atoms with Crippen molar-refractivity contribution in [1.82, 2.24) is 10.3 Å². The normalized spacial score (nSPS) is 30.3. The zero-order chi connectivity index (χ0) is 15.5. The number of aliphatic hydroxyl groups is 2. The number of nitrogens with zero attached hydrogens (tertiary/aromatic N) is 2. The van der Waals surface area contributed by atoms with Crippen LogP contribution in [0, 0.1) is 5.92 Å². The molecule has 3 unspecified atom stereocenters. The van der Waals surface area contributed by atoms with Gasteiger partial charge in [0.05, 0.1) is 0 Å². The number of aromatic nitrogens is 1. The van der Waals surface area contributed by atoms with Gasteiger partial charge in [0, 0.05) is 31.1 Å². The van der Waals surface area contributed by atoms with Crippen LogP contribution in [0.15, 0.2) is 18.3 Å². The summed E-state index contributed by atoms with van der Waals surface area (Å²) in [7, 11) is 0. The number of piperidine rings is 2. The van der Waals surface area contributed by atoms with Gasteiger partial charge in [-0.2, -0.15) is 0 Å². The van der Waals surface area contributed by atoms with Crippen LogP contribution in [0.4, 0.5) is 5.82 Å². The molecule has 2 saturated heterocycles. The van der Waals surface area contributed by atoms with Gasteiger partial charge in [0.1, 0.15) is 24.6 Å². The van der Waals surface area contributed by atoms with Crippen LogP contribution < -0.4 is 10.2 Å². The number of carbonyl (C=O) groups excluding carboxylic acids is 1. The Balaban J connectivity index is 1.64. The number of nitrogens with one attached hydrogen (secondary N) is 1. The molecule has 0 amide bonds. The number of rotatable bonds is 3. The predicted molar refractivity (Wildman–Crippen MR) is 82.4 cm³/mol. The van der Waals surface area contributed by atoms with Gasteiger partial charge in [0.15, 0.2) is 0 Å². The second kappa shape index (κ2) is 6.73. The van der Waals surface area contributed by atoms with Gasteiger partial charge in [-0.3, -0.25) is 5.32 Å². The highest BCUT2D eigenvalue weighted by Crippen LogP contribution is 2.29. The molecule has 120 valence electrons. The highest BCUT2D eigenvalue weighted by atomic mass is 16.3. The van der Waals surface area contributed by atoms with Crippen molar-refractivity contribution in [3.8, 4) is 0 Å². The SMILES string of the molecule is O=CC1CCN(c2ccc(C3CCC(O)NC3O)cn2)CC1. The lowest BCUT2D eigenvalue weighted by Crippen LogP contribution is -2.46. The van der Waals surface area contributed by atoms with Crippen LogP contribution in [0.3, 0.4) is 0 Å². The first kappa shape index (κ1) is 15.4. The summed E-state index contributed by atoms with van der Waals surface area (Å²) in [5, 5.41) is 22.3. The molecule has 0 spiro atoms. The van der Waals surface area contributed by atoms with Crippen LogP contribution in [0.5, 0.6) is 0 Å². The van der Waals surface area contributed by atoms with Gasteiger partial charge in [0.2, 0.25) is 0 Å². The number of aliphatic hydroxyl groups excluding tert-OH is 2. The van der Waals surface area contributed by atoms with E-state index in [9.17, 15) is 15.0 Å². The number of carbonyl (C=O) groups is 1. The van der Waals surface area contributed by atoms with E-state index in [1.54, 1.807) is 0 Å². The van der Waals surface area contributed by atoms with Crippen LogP contribution in [0.2, 0.25) is 0 Å². The van der Waals surface area contributed by atoms with E-state index in [2.05, 4.69) is 15.2 Å². The molecule has 3 N–H and O–H groups in total. The van der Waals surface area contributed by atoms with Crippen LogP contribution in [-0.2, 0) is 4.79 Å². The number of anilines is 1. The zero-order valence-corrected chi connectivity index (χ0v) is 12.6. The topological polar surface area (TPSA) is 85.7 Å². The lowest BCUT2D eigenvalue weighted by molar-refractivity contribution is -0.111. The first-order valence-corrected chi connectivity index (χ1v) is 7.96. The average molecular weight is 305 g/mol. The molecule has 0 aromatic carbocycles. The molecule has 1 aromatic heterocycles. The van der Waals surface area contributed by atoms with Gasteiger partial charge in [-0.1, -0.05) is 6.07 Å². The molecule has 22 heavy (non-hydrogen) atoms. The molecule has 6 heteroatoms. The summed E-state index contributed by atoms with van der Waals surface area (Å²) >= 11 is 0. The third-order valence-electron chi connectivity index (χ3n) is 4.75. The summed E-state index contributed by atoms with van der Waals surface area (Å²) in [6.45, 7) is 1.71. The molecule has 0 saturated carbocycles. The molecular formula is C16H23N3O3. The van der Waals surface area contributed by atoms with Crippen molar-refractivity contribution >= 4 is 12.1 Å². The van der Waals surface area contributed by atoms with Gasteiger partial charge in [-0.05, 0) is 37.3 Å². The number of pyridine rings is 1. The largest absolute Gasteiger partial charge is 0.379 e. The third-order valence-corrected chi connectivity index (χ3v) is 4.75. The average Bonchev–Trinajstić information content (AvgIpc) is 2.55. The molecule has 0 bridgehead atoms. The van der Waals surface area contributed by atoms with Crippen molar-refractivity contribution in [2.45, 2.75) is 44.1 Å². The van der Waals surface area contributed by atoms with E-state index in [1.165, 1.54) is 0 Å². The van der Waals surface area contributed by atoms with E-state index < -0.39 is 12.5 Å². The molecule has 0 aliphatic carbocycles. The van der Waals surface area contributed by atoms with Crippen LogP contribution in [-0.4, -0.2) is 47.0 Å². The maximum absolute atomic E-state index is 10.8. The van der Waals surface area contributed by atoms with E-state index in [1.807, 2.05) is 18.3 Å². The smallest absolute Gasteiger partial charge is 0.128 e. The highest BCUT2D eigenvalue weighted by Gasteiger charge is 2.29. The predicted octanol–water partition coefficient (Wildman–Crippen LogP) is 0.601. The van der Waals surface area contributed by atoms with Gasteiger partial charge in [-0.25, -0.2) is 4.98 Å². The summed E-state index contributed by atoms with van der Waals surface area (Å²) in [6, 6.07) is 3.98.